The van der Waals surface area contributed by atoms with Gasteiger partial charge in [0.1, 0.15) is 0 Å². The highest BCUT2D eigenvalue weighted by atomic mass is 32.2. The van der Waals surface area contributed by atoms with E-state index in [2.05, 4.69) is 5.32 Å². The zero-order valence-electron chi connectivity index (χ0n) is 15.5. The molecule has 0 aromatic heterocycles. The number of carbonyl (C=O) groups is 2. The van der Waals surface area contributed by atoms with Crippen LogP contribution in [0.25, 0.3) is 0 Å². The first kappa shape index (κ1) is 21.5. The van der Waals surface area contributed by atoms with Crippen LogP contribution in [0, 0.1) is 5.41 Å². The Hall–Kier alpha value is -1.57. The van der Waals surface area contributed by atoms with Gasteiger partial charge < -0.3 is 20.7 Å². The summed E-state index contributed by atoms with van der Waals surface area (Å²) >= 11 is 1.36. The Labute approximate surface area is 154 Å². The molecule has 0 unspecified atom stereocenters. The number of nitrogens with zero attached hydrogens (tertiary/aromatic N) is 1. The van der Waals surface area contributed by atoms with Gasteiger partial charge in [-0.1, -0.05) is 26.0 Å². The predicted molar refractivity (Wildman–Crippen MR) is 102 cm³/mol. The number of ether oxygens (including phenoxy) is 1. The van der Waals surface area contributed by atoms with Gasteiger partial charge in [-0.05, 0) is 24.1 Å². The van der Waals surface area contributed by atoms with Crippen LogP contribution < -0.4 is 11.1 Å². The third kappa shape index (κ3) is 7.46. The third-order valence-electron chi connectivity index (χ3n) is 3.67. The third-order valence-corrected chi connectivity index (χ3v) is 4.74. The number of thioether (sulfide) groups is 1. The molecule has 0 bridgehead atoms. The number of carbonyl (C=O) groups excluding carboxylic acids is 2. The summed E-state index contributed by atoms with van der Waals surface area (Å²) in [5.74, 6) is 0.109. The minimum atomic E-state index is -0.145. The van der Waals surface area contributed by atoms with Crippen LogP contribution in [0.3, 0.4) is 0 Å². The zero-order valence-corrected chi connectivity index (χ0v) is 16.3. The Morgan fingerprint density at radius 3 is 2.64 bits per heavy atom. The maximum absolute atomic E-state index is 12.8. The molecule has 140 valence electrons. The van der Waals surface area contributed by atoms with Crippen LogP contribution in [0.2, 0.25) is 0 Å². The Balaban J connectivity index is 2.72. The fourth-order valence-electron chi connectivity index (χ4n) is 2.24. The lowest BCUT2D eigenvalue weighted by Crippen LogP contribution is -2.39. The largest absolute Gasteiger partial charge is 0.383 e. The van der Waals surface area contributed by atoms with Crippen LogP contribution in [0.1, 0.15) is 24.2 Å². The molecular weight excluding hydrogens is 338 g/mol. The van der Waals surface area contributed by atoms with Crippen LogP contribution >= 0.6 is 11.8 Å². The summed E-state index contributed by atoms with van der Waals surface area (Å²) in [5, 5.41) is 2.77. The molecule has 0 atom stereocenters. The summed E-state index contributed by atoms with van der Waals surface area (Å²) in [6, 6.07) is 7.35. The highest BCUT2D eigenvalue weighted by Crippen LogP contribution is 2.24. The molecule has 1 rings (SSSR count). The predicted octanol–water partition coefficient (Wildman–Crippen LogP) is 1.60. The van der Waals surface area contributed by atoms with Gasteiger partial charge in [0, 0.05) is 32.1 Å². The number of methoxy groups -OCH3 is 1. The van der Waals surface area contributed by atoms with Gasteiger partial charge in [-0.3, -0.25) is 9.59 Å². The van der Waals surface area contributed by atoms with Crippen LogP contribution in [0.15, 0.2) is 29.2 Å². The van der Waals surface area contributed by atoms with Crippen molar-refractivity contribution in [3.8, 4) is 0 Å². The molecule has 25 heavy (non-hydrogen) atoms. The summed E-state index contributed by atoms with van der Waals surface area (Å²) in [6.07, 6.45) is 0. The summed E-state index contributed by atoms with van der Waals surface area (Å²) in [6.45, 7) is 6.09. The lowest BCUT2D eigenvalue weighted by molar-refractivity contribution is -0.118. The zero-order chi connectivity index (χ0) is 18.9. The Morgan fingerprint density at radius 1 is 1.32 bits per heavy atom. The number of rotatable bonds is 10. The molecule has 7 heteroatoms. The fraction of sp³-hybridized carbons (Fsp3) is 0.556. The highest BCUT2D eigenvalue weighted by molar-refractivity contribution is 8.00. The first-order chi connectivity index (χ1) is 11.8. The minimum Gasteiger partial charge on any atom is -0.383 e. The average molecular weight is 368 g/mol. The smallest absolute Gasteiger partial charge is 0.254 e. The number of nitrogens with one attached hydrogen (secondary N) is 1. The number of hydrogen-bond donors (Lipinski definition) is 2. The Bertz CT molecular complexity index is 578. The van der Waals surface area contributed by atoms with E-state index in [1.807, 2.05) is 32.0 Å². The van der Waals surface area contributed by atoms with Gasteiger partial charge in [-0.25, -0.2) is 0 Å². The SMILES string of the molecule is COCCNC(=O)CSc1ccccc1C(=O)N(C)CC(C)(C)CN. The van der Waals surface area contributed by atoms with E-state index in [0.717, 1.165) is 4.90 Å². The molecule has 1 aromatic rings. The van der Waals surface area contributed by atoms with Gasteiger partial charge in [0.05, 0.1) is 17.9 Å². The molecule has 0 saturated carbocycles. The Kier molecular flexibility index (Phi) is 8.96. The van der Waals surface area contributed by atoms with Crippen molar-refractivity contribution in [2.24, 2.45) is 11.1 Å². The number of amides is 2. The van der Waals surface area contributed by atoms with E-state index in [0.29, 0.717) is 31.8 Å². The highest BCUT2D eigenvalue weighted by Gasteiger charge is 2.23. The van der Waals surface area contributed by atoms with Gasteiger partial charge >= 0.3 is 0 Å². The molecule has 0 heterocycles. The van der Waals surface area contributed by atoms with Crippen LogP contribution in [-0.4, -0.2) is 62.9 Å². The molecule has 6 nitrogen and oxygen atoms in total. The van der Waals surface area contributed by atoms with Crippen molar-refractivity contribution in [2.45, 2.75) is 18.7 Å². The lowest BCUT2D eigenvalue weighted by atomic mass is 9.93. The van der Waals surface area contributed by atoms with Crippen molar-refractivity contribution in [1.82, 2.24) is 10.2 Å². The van der Waals surface area contributed by atoms with Crippen molar-refractivity contribution in [3.63, 3.8) is 0 Å². The summed E-state index contributed by atoms with van der Waals surface area (Å²) in [7, 11) is 3.36. The van der Waals surface area contributed by atoms with Crippen molar-refractivity contribution < 1.29 is 14.3 Å². The standard InChI is InChI=1S/C18H29N3O3S/c1-18(2,12-19)13-21(3)17(23)14-7-5-6-8-15(14)25-11-16(22)20-9-10-24-4/h5-8H,9-13,19H2,1-4H3,(H,20,22). The van der Waals surface area contributed by atoms with E-state index in [1.54, 1.807) is 25.1 Å². The molecule has 0 radical (unpaired) electrons. The van der Waals surface area contributed by atoms with Crippen LogP contribution in [0.4, 0.5) is 0 Å². The van der Waals surface area contributed by atoms with Gasteiger partial charge in [-0.2, -0.15) is 0 Å². The summed E-state index contributed by atoms with van der Waals surface area (Å²) < 4.78 is 4.90. The summed E-state index contributed by atoms with van der Waals surface area (Å²) in [5.41, 5.74) is 6.22. The molecule has 0 aliphatic carbocycles. The monoisotopic (exact) mass is 367 g/mol. The van der Waals surface area contributed by atoms with Crippen molar-refractivity contribution in [2.75, 3.05) is 46.2 Å². The van der Waals surface area contributed by atoms with Gasteiger partial charge in [0.25, 0.3) is 5.91 Å². The molecule has 0 spiro atoms. The second kappa shape index (κ2) is 10.4. The van der Waals surface area contributed by atoms with Crippen molar-refractivity contribution in [1.29, 1.82) is 0 Å². The van der Waals surface area contributed by atoms with E-state index >= 15 is 0 Å². The maximum Gasteiger partial charge on any atom is 0.254 e. The van der Waals surface area contributed by atoms with E-state index in [4.69, 9.17) is 10.5 Å². The fourth-order valence-corrected chi connectivity index (χ4v) is 3.11. The summed E-state index contributed by atoms with van der Waals surface area (Å²) in [4.78, 5) is 27.1. The molecule has 0 aliphatic heterocycles. The van der Waals surface area contributed by atoms with E-state index in [9.17, 15) is 9.59 Å². The van der Waals surface area contributed by atoms with E-state index in [1.165, 1.54) is 11.8 Å². The second-order valence-corrected chi connectivity index (χ2v) is 7.67. The van der Waals surface area contributed by atoms with Crippen LogP contribution in [-0.2, 0) is 9.53 Å². The average Bonchev–Trinajstić information content (AvgIpc) is 2.59. The van der Waals surface area contributed by atoms with E-state index in [-0.39, 0.29) is 23.0 Å². The number of nitrogens with two attached hydrogens (primary N) is 1. The molecule has 0 fully saturated rings. The molecule has 3 N–H and O–H groups in total. The molecule has 0 saturated heterocycles. The Morgan fingerprint density at radius 2 is 2.00 bits per heavy atom. The topological polar surface area (TPSA) is 84.7 Å². The van der Waals surface area contributed by atoms with Crippen molar-refractivity contribution >= 4 is 23.6 Å². The molecular formula is C18H29N3O3S. The first-order valence-electron chi connectivity index (χ1n) is 8.23. The molecule has 2 amide bonds. The maximum atomic E-state index is 12.8. The van der Waals surface area contributed by atoms with E-state index < -0.39 is 0 Å². The minimum absolute atomic E-state index is 0.0654. The molecule has 0 aliphatic rings. The number of hydrogen-bond acceptors (Lipinski definition) is 5. The van der Waals surface area contributed by atoms with Crippen LogP contribution in [0.5, 0.6) is 0 Å². The first-order valence-corrected chi connectivity index (χ1v) is 9.22. The van der Waals surface area contributed by atoms with Gasteiger partial charge in [-0.15, -0.1) is 11.8 Å². The molecule has 1 aromatic carbocycles. The van der Waals surface area contributed by atoms with Gasteiger partial charge in [0.15, 0.2) is 0 Å². The lowest BCUT2D eigenvalue weighted by Gasteiger charge is -2.29. The number of benzene rings is 1. The van der Waals surface area contributed by atoms with Gasteiger partial charge in [0.2, 0.25) is 5.91 Å². The van der Waals surface area contributed by atoms with Crippen molar-refractivity contribution in [3.05, 3.63) is 29.8 Å². The normalized spacial score (nSPS) is 11.2. The quantitative estimate of drug-likeness (QED) is 0.485. The second-order valence-electron chi connectivity index (χ2n) is 6.66.